The van der Waals surface area contributed by atoms with Crippen LogP contribution in [0.5, 0.6) is 0 Å². The highest BCUT2D eigenvalue weighted by Gasteiger charge is 2.18. The van der Waals surface area contributed by atoms with Gasteiger partial charge in [-0.05, 0) is 89.0 Å². The highest BCUT2D eigenvalue weighted by molar-refractivity contribution is 7.26. The molecule has 11 aromatic rings. The van der Waals surface area contributed by atoms with Crippen molar-refractivity contribution in [1.29, 1.82) is 0 Å². The molecule has 238 valence electrons. The molecule has 11 rings (SSSR count). The molecule has 0 aliphatic heterocycles. The third kappa shape index (κ3) is 4.29. The van der Waals surface area contributed by atoms with Gasteiger partial charge in [0.05, 0.1) is 22.1 Å². The fourth-order valence-corrected chi connectivity index (χ4v) is 9.37. The van der Waals surface area contributed by atoms with E-state index in [-0.39, 0.29) is 0 Å². The largest absolute Gasteiger partial charge is 0.309 e. The lowest BCUT2D eigenvalue weighted by Crippen LogP contribution is -1.96. The van der Waals surface area contributed by atoms with Crippen LogP contribution in [0.3, 0.4) is 0 Å². The van der Waals surface area contributed by atoms with Crippen molar-refractivity contribution in [2.45, 2.75) is 0 Å². The number of thiophene rings is 1. The molecular formula is C48H30N2S. The van der Waals surface area contributed by atoms with Crippen LogP contribution in [0.25, 0.3) is 97.4 Å². The molecule has 0 atom stereocenters. The summed E-state index contributed by atoms with van der Waals surface area (Å²) in [6.07, 6.45) is 0. The van der Waals surface area contributed by atoms with Crippen molar-refractivity contribution < 1.29 is 0 Å². The molecule has 3 heterocycles. The van der Waals surface area contributed by atoms with E-state index in [1.54, 1.807) is 0 Å². The summed E-state index contributed by atoms with van der Waals surface area (Å²) in [4.78, 5) is 0. The summed E-state index contributed by atoms with van der Waals surface area (Å²) in [5.74, 6) is 0. The zero-order valence-electron chi connectivity index (χ0n) is 27.6. The molecular weight excluding hydrogens is 637 g/mol. The molecule has 0 bridgehead atoms. The zero-order valence-corrected chi connectivity index (χ0v) is 28.4. The first kappa shape index (κ1) is 28.4. The molecule has 0 aliphatic carbocycles. The summed E-state index contributed by atoms with van der Waals surface area (Å²) in [5.41, 5.74) is 12.0. The van der Waals surface area contributed by atoms with Gasteiger partial charge in [0.1, 0.15) is 0 Å². The van der Waals surface area contributed by atoms with E-state index in [1.165, 1.54) is 86.0 Å². The number of hydrogen-bond acceptors (Lipinski definition) is 1. The summed E-state index contributed by atoms with van der Waals surface area (Å²) >= 11 is 1.88. The van der Waals surface area contributed by atoms with Gasteiger partial charge in [-0.2, -0.15) is 0 Å². The summed E-state index contributed by atoms with van der Waals surface area (Å²) in [7, 11) is 0. The molecule has 0 radical (unpaired) electrons. The van der Waals surface area contributed by atoms with Crippen LogP contribution in [0.2, 0.25) is 0 Å². The standard InChI is InChI=1S/C48H30N2S/c1-2-12-31(13-3-1)33-28-34(30-36(29-33)50-41-18-8-4-14-37(41)38-15-5-9-19-42(38)50)32-22-24-35(25-23-32)49-43-20-10-6-16-39(43)47-44(49)26-27-46-48(47)40-17-7-11-21-45(40)51-46/h1-30H. The topological polar surface area (TPSA) is 9.86 Å². The Morgan fingerprint density at radius 1 is 0.294 bits per heavy atom. The van der Waals surface area contributed by atoms with Crippen molar-refractivity contribution in [3.05, 3.63) is 182 Å². The Morgan fingerprint density at radius 3 is 1.51 bits per heavy atom. The average molecular weight is 667 g/mol. The van der Waals surface area contributed by atoms with Gasteiger partial charge < -0.3 is 9.13 Å². The summed E-state index contributed by atoms with van der Waals surface area (Å²) in [6, 6.07) is 66.6. The third-order valence-electron chi connectivity index (χ3n) is 10.5. The van der Waals surface area contributed by atoms with Crippen molar-refractivity contribution in [2.75, 3.05) is 0 Å². The van der Waals surface area contributed by atoms with Crippen LogP contribution in [0.1, 0.15) is 0 Å². The third-order valence-corrected chi connectivity index (χ3v) is 11.6. The second-order valence-electron chi connectivity index (χ2n) is 13.3. The van der Waals surface area contributed by atoms with Gasteiger partial charge in [-0.25, -0.2) is 0 Å². The molecule has 0 spiro atoms. The Balaban J connectivity index is 1.11. The normalized spacial score (nSPS) is 11.9. The first-order valence-corrected chi connectivity index (χ1v) is 18.3. The van der Waals surface area contributed by atoms with E-state index >= 15 is 0 Å². The predicted molar refractivity (Wildman–Crippen MR) is 219 cm³/mol. The van der Waals surface area contributed by atoms with Crippen LogP contribution in [0.15, 0.2) is 182 Å². The van der Waals surface area contributed by atoms with Crippen LogP contribution in [-0.4, -0.2) is 9.13 Å². The van der Waals surface area contributed by atoms with Gasteiger partial charge in [0, 0.05) is 53.1 Å². The van der Waals surface area contributed by atoms with Crippen LogP contribution in [0.4, 0.5) is 0 Å². The molecule has 8 aromatic carbocycles. The summed E-state index contributed by atoms with van der Waals surface area (Å²) in [5, 5.41) is 7.84. The van der Waals surface area contributed by atoms with E-state index in [0.717, 1.165) is 11.4 Å². The number of hydrogen-bond donors (Lipinski definition) is 0. The van der Waals surface area contributed by atoms with Gasteiger partial charge in [-0.1, -0.05) is 115 Å². The van der Waals surface area contributed by atoms with Crippen molar-refractivity contribution in [1.82, 2.24) is 9.13 Å². The Bertz CT molecular complexity index is 3070. The maximum absolute atomic E-state index is 2.43. The van der Waals surface area contributed by atoms with Crippen LogP contribution in [0, 0.1) is 0 Å². The number of benzene rings is 8. The Hall–Kier alpha value is -6.42. The number of para-hydroxylation sites is 3. The second kappa shape index (κ2) is 11.0. The van der Waals surface area contributed by atoms with Crippen molar-refractivity contribution in [3.63, 3.8) is 0 Å². The predicted octanol–water partition coefficient (Wildman–Crippen LogP) is 13.6. The molecule has 0 saturated heterocycles. The molecule has 0 fully saturated rings. The second-order valence-corrected chi connectivity index (χ2v) is 14.4. The maximum atomic E-state index is 2.43. The molecule has 51 heavy (non-hydrogen) atoms. The van der Waals surface area contributed by atoms with Gasteiger partial charge in [-0.3, -0.25) is 0 Å². The van der Waals surface area contributed by atoms with Crippen LogP contribution in [-0.2, 0) is 0 Å². The minimum atomic E-state index is 1.15. The van der Waals surface area contributed by atoms with Crippen LogP contribution < -0.4 is 0 Å². The minimum Gasteiger partial charge on any atom is -0.309 e. The Kier molecular flexibility index (Phi) is 6.16. The molecule has 0 aliphatic rings. The first-order valence-electron chi connectivity index (χ1n) is 17.4. The molecule has 0 unspecified atom stereocenters. The maximum Gasteiger partial charge on any atom is 0.0548 e. The van der Waals surface area contributed by atoms with Crippen molar-refractivity contribution in [3.8, 4) is 33.6 Å². The minimum absolute atomic E-state index is 1.15. The van der Waals surface area contributed by atoms with Gasteiger partial charge >= 0.3 is 0 Å². The molecule has 0 saturated carbocycles. The highest BCUT2D eigenvalue weighted by Crippen LogP contribution is 2.43. The van der Waals surface area contributed by atoms with E-state index in [9.17, 15) is 0 Å². The van der Waals surface area contributed by atoms with Crippen molar-refractivity contribution in [2.24, 2.45) is 0 Å². The number of nitrogens with zero attached hydrogens (tertiary/aromatic N) is 2. The SMILES string of the molecule is c1ccc(-c2cc(-c3ccc(-n4c5ccccc5c5c6c(ccc54)sc4ccccc46)cc3)cc(-n3c4ccccc4c4ccccc43)c2)cc1. The number of fused-ring (bicyclic) bond motifs is 10. The Morgan fingerprint density at radius 2 is 0.824 bits per heavy atom. The zero-order chi connectivity index (χ0) is 33.5. The van der Waals surface area contributed by atoms with E-state index in [0.29, 0.717) is 0 Å². The smallest absolute Gasteiger partial charge is 0.0548 e. The fourth-order valence-electron chi connectivity index (χ4n) is 8.26. The quantitative estimate of drug-likeness (QED) is 0.177. The fraction of sp³-hybridized carbons (Fsp3) is 0. The van der Waals surface area contributed by atoms with E-state index < -0.39 is 0 Å². The highest BCUT2D eigenvalue weighted by atomic mass is 32.1. The Labute approximate surface area is 298 Å². The van der Waals surface area contributed by atoms with Gasteiger partial charge in [0.15, 0.2) is 0 Å². The number of aromatic nitrogens is 2. The van der Waals surface area contributed by atoms with E-state index in [1.807, 2.05) is 11.3 Å². The molecule has 3 heteroatoms. The summed E-state index contributed by atoms with van der Waals surface area (Å²) in [6.45, 7) is 0. The summed E-state index contributed by atoms with van der Waals surface area (Å²) < 4.78 is 7.52. The molecule has 0 N–H and O–H groups in total. The van der Waals surface area contributed by atoms with E-state index in [2.05, 4.69) is 191 Å². The first-order chi connectivity index (χ1) is 25.3. The molecule has 3 aromatic heterocycles. The van der Waals surface area contributed by atoms with Gasteiger partial charge in [0.2, 0.25) is 0 Å². The van der Waals surface area contributed by atoms with Crippen LogP contribution >= 0.6 is 11.3 Å². The van der Waals surface area contributed by atoms with E-state index in [4.69, 9.17) is 0 Å². The molecule has 2 nitrogen and oxygen atoms in total. The number of rotatable bonds is 4. The van der Waals surface area contributed by atoms with Gasteiger partial charge in [-0.15, -0.1) is 11.3 Å². The van der Waals surface area contributed by atoms with Gasteiger partial charge in [0.25, 0.3) is 0 Å². The molecule has 0 amide bonds. The monoisotopic (exact) mass is 666 g/mol. The average Bonchev–Trinajstić information content (AvgIpc) is 3.86. The lowest BCUT2D eigenvalue weighted by molar-refractivity contribution is 1.18. The lowest BCUT2D eigenvalue weighted by atomic mass is 9.97. The lowest BCUT2D eigenvalue weighted by Gasteiger charge is -2.15. The van der Waals surface area contributed by atoms with Crippen molar-refractivity contribution >= 4 is 75.1 Å².